The molecule has 1 aliphatic heterocycles. The van der Waals surface area contributed by atoms with Crippen molar-refractivity contribution in [3.05, 3.63) is 16.3 Å². The quantitative estimate of drug-likeness (QED) is 0.908. The third-order valence-corrected chi connectivity index (χ3v) is 6.80. The fourth-order valence-corrected chi connectivity index (χ4v) is 5.17. The minimum absolute atomic E-state index is 0.400. The van der Waals surface area contributed by atoms with E-state index in [1.54, 1.807) is 9.69 Å². The summed E-state index contributed by atoms with van der Waals surface area (Å²) in [6, 6.07) is 2.21. The van der Waals surface area contributed by atoms with Gasteiger partial charge in [0, 0.05) is 35.9 Å². The van der Waals surface area contributed by atoms with Crippen molar-refractivity contribution in [2.24, 2.45) is 11.8 Å². The normalized spacial score (nSPS) is 24.6. The van der Waals surface area contributed by atoms with Crippen LogP contribution in [-0.4, -0.2) is 31.9 Å². The maximum absolute atomic E-state index is 12.6. The van der Waals surface area contributed by atoms with Crippen LogP contribution in [0.15, 0.2) is 16.3 Å². The van der Waals surface area contributed by atoms with E-state index < -0.39 is 10.0 Å². The number of hydrogen-bond donors (Lipinski definition) is 1. The molecule has 0 aromatic carbocycles. The lowest BCUT2D eigenvalue weighted by Crippen LogP contribution is -2.28. The van der Waals surface area contributed by atoms with E-state index in [2.05, 4.69) is 33.0 Å². The van der Waals surface area contributed by atoms with Gasteiger partial charge in [-0.2, -0.15) is 4.31 Å². The molecule has 1 aliphatic rings. The molecule has 0 aliphatic carbocycles. The Hall–Kier alpha value is -0.430. The summed E-state index contributed by atoms with van der Waals surface area (Å²) in [5.74, 6) is 0.871. The summed E-state index contributed by atoms with van der Waals surface area (Å²) < 4.78 is 26.8. The summed E-state index contributed by atoms with van der Waals surface area (Å²) in [6.07, 6.45) is 0. The first-order valence-electron chi connectivity index (χ1n) is 7.11. The smallest absolute Gasteiger partial charge is 0.243 e. The Morgan fingerprint density at radius 2 is 1.95 bits per heavy atom. The molecule has 114 valence electrons. The van der Waals surface area contributed by atoms with Gasteiger partial charge in [-0.3, -0.25) is 0 Å². The van der Waals surface area contributed by atoms with Gasteiger partial charge in [-0.25, -0.2) is 8.42 Å². The van der Waals surface area contributed by atoms with Crippen molar-refractivity contribution < 1.29 is 8.42 Å². The summed E-state index contributed by atoms with van der Waals surface area (Å²) in [6.45, 7) is 10.4. The summed E-state index contributed by atoms with van der Waals surface area (Å²) in [7, 11) is -3.31. The summed E-state index contributed by atoms with van der Waals surface area (Å²) >= 11 is 1.51. The minimum Gasteiger partial charge on any atom is -0.310 e. The van der Waals surface area contributed by atoms with Crippen LogP contribution in [-0.2, 0) is 16.6 Å². The second-order valence-electron chi connectivity index (χ2n) is 6.06. The van der Waals surface area contributed by atoms with Gasteiger partial charge in [-0.05, 0) is 17.9 Å². The first kappa shape index (κ1) is 15.9. The highest BCUT2D eigenvalue weighted by molar-refractivity contribution is 7.89. The van der Waals surface area contributed by atoms with Crippen molar-refractivity contribution in [3.63, 3.8) is 0 Å². The fourth-order valence-electron chi connectivity index (χ4n) is 2.32. The minimum atomic E-state index is -3.31. The van der Waals surface area contributed by atoms with E-state index in [1.165, 1.54) is 11.3 Å². The van der Waals surface area contributed by atoms with Crippen molar-refractivity contribution in [2.75, 3.05) is 13.1 Å². The van der Waals surface area contributed by atoms with Gasteiger partial charge >= 0.3 is 0 Å². The van der Waals surface area contributed by atoms with Crippen molar-refractivity contribution in [3.8, 4) is 0 Å². The van der Waals surface area contributed by atoms with Crippen LogP contribution in [0.4, 0.5) is 0 Å². The second-order valence-corrected chi connectivity index (χ2v) is 8.99. The van der Waals surface area contributed by atoms with E-state index in [-0.39, 0.29) is 0 Å². The third kappa shape index (κ3) is 3.42. The van der Waals surface area contributed by atoms with E-state index in [0.717, 1.165) is 11.4 Å². The molecule has 2 atom stereocenters. The van der Waals surface area contributed by atoms with Crippen LogP contribution < -0.4 is 5.32 Å². The summed E-state index contributed by atoms with van der Waals surface area (Å²) in [4.78, 5) is 1.52. The Morgan fingerprint density at radius 3 is 2.50 bits per heavy atom. The molecular formula is C14H24N2O2S2. The molecule has 2 rings (SSSR count). The highest BCUT2D eigenvalue weighted by Gasteiger charge is 2.35. The second kappa shape index (κ2) is 6.13. The fraction of sp³-hybridized carbons (Fsp3) is 0.714. The number of hydrogen-bond acceptors (Lipinski definition) is 4. The third-order valence-electron chi connectivity index (χ3n) is 3.91. The molecule has 1 N–H and O–H groups in total. The van der Waals surface area contributed by atoms with E-state index in [9.17, 15) is 8.42 Å². The topological polar surface area (TPSA) is 49.4 Å². The van der Waals surface area contributed by atoms with Crippen LogP contribution in [0.2, 0.25) is 0 Å². The van der Waals surface area contributed by atoms with E-state index in [4.69, 9.17) is 0 Å². The van der Waals surface area contributed by atoms with Crippen LogP contribution in [0.3, 0.4) is 0 Å². The maximum atomic E-state index is 12.6. The Kier molecular flexibility index (Phi) is 4.89. The predicted octanol–water partition coefficient (Wildman–Crippen LogP) is 2.52. The molecule has 6 heteroatoms. The van der Waals surface area contributed by atoms with Crippen LogP contribution in [0.1, 0.15) is 32.6 Å². The lowest BCUT2D eigenvalue weighted by molar-refractivity contribution is 0.463. The number of sulfonamides is 1. The van der Waals surface area contributed by atoms with Gasteiger partial charge in [-0.1, -0.05) is 27.7 Å². The molecule has 1 saturated heterocycles. The highest BCUT2D eigenvalue weighted by Crippen LogP contribution is 2.30. The van der Waals surface area contributed by atoms with Crippen molar-refractivity contribution >= 4 is 21.4 Å². The van der Waals surface area contributed by atoms with Crippen molar-refractivity contribution in [1.29, 1.82) is 0 Å². The van der Waals surface area contributed by atoms with Gasteiger partial charge in [0.2, 0.25) is 10.0 Å². The number of rotatable bonds is 5. The van der Waals surface area contributed by atoms with Crippen LogP contribution >= 0.6 is 11.3 Å². The lowest BCUT2D eigenvalue weighted by Gasteiger charge is -2.14. The standard InChI is InChI=1S/C14H24N2O2S2/c1-10(2)15-6-13-5-14(9-19-13)20(17,18)16-7-11(3)12(4)8-16/h5,9-12,15H,6-8H2,1-4H3. The van der Waals surface area contributed by atoms with Gasteiger partial charge in [0.1, 0.15) is 0 Å². The van der Waals surface area contributed by atoms with Gasteiger partial charge in [-0.15, -0.1) is 11.3 Å². The van der Waals surface area contributed by atoms with Crippen molar-refractivity contribution in [1.82, 2.24) is 9.62 Å². The molecule has 0 radical (unpaired) electrons. The predicted molar refractivity (Wildman–Crippen MR) is 83.4 cm³/mol. The van der Waals surface area contributed by atoms with Crippen LogP contribution in [0.25, 0.3) is 0 Å². The maximum Gasteiger partial charge on any atom is 0.243 e. The lowest BCUT2D eigenvalue weighted by atomic mass is 10.0. The number of nitrogens with zero attached hydrogens (tertiary/aromatic N) is 1. The van der Waals surface area contributed by atoms with Gasteiger partial charge in [0.05, 0.1) is 4.90 Å². The van der Waals surface area contributed by atoms with Crippen LogP contribution in [0.5, 0.6) is 0 Å². The molecule has 2 unspecified atom stereocenters. The van der Waals surface area contributed by atoms with E-state index in [1.807, 2.05) is 6.07 Å². The molecule has 4 nitrogen and oxygen atoms in total. The average Bonchev–Trinajstić information content (AvgIpc) is 2.95. The molecule has 0 spiro atoms. The SMILES string of the molecule is CC(C)NCc1cc(S(=O)(=O)N2CC(C)C(C)C2)cs1. The van der Waals surface area contributed by atoms with E-state index >= 15 is 0 Å². The Balaban J connectivity index is 2.10. The molecule has 1 aromatic rings. The largest absolute Gasteiger partial charge is 0.310 e. The molecular weight excluding hydrogens is 292 g/mol. The average molecular weight is 316 g/mol. The molecule has 1 fully saturated rings. The zero-order valence-corrected chi connectivity index (χ0v) is 14.2. The Bertz CT molecular complexity index is 541. The molecule has 0 bridgehead atoms. The molecule has 20 heavy (non-hydrogen) atoms. The first-order valence-corrected chi connectivity index (χ1v) is 9.43. The van der Waals surface area contributed by atoms with E-state index in [0.29, 0.717) is 35.9 Å². The van der Waals surface area contributed by atoms with Gasteiger partial charge in [0.15, 0.2) is 0 Å². The Morgan fingerprint density at radius 1 is 1.35 bits per heavy atom. The zero-order chi connectivity index (χ0) is 14.9. The highest BCUT2D eigenvalue weighted by atomic mass is 32.2. The molecule has 0 saturated carbocycles. The Labute approximate surface area is 126 Å². The zero-order valence-electron chi connectivity index (χ0n) is 12.6. The summed E-state index contributed by atoms with van der Waals surface area (Å²) in [5, 5.41) is 5.08. The van der Waals surface area contributed by atoms with Gasteiger partial charge in [0.25, 0.3) is 0 Å². The van der Waals surface area contributed by atoms with Gasteiger partial charge < -0.3 is 5.32 Å². The molecule has 1 aromatic heterocycles. The molecule has 0 amide bonds. The number of thiophene rings is 1. The van der Waals surface area contributed by atoms with Crippen LogP contribution in [0, 0.1) is 11.8 Å². The summed E-state index contributed by atoms with van der Waals surface area (Å²) in [5.41, 5.74) is 0. The molecule has 2 heterocycles. The first-order chi connectivity index (χ1) is 9.30. The van der Waals surface area contributed by atoms with Crippen molar-refractivity contribution in [2.45, 2.75) is 45.2 Å². The number of nitrogens with one attached hydrogen (secondary N) is 1. The monoisotopic (exact) mass is 316 g/mol.